The Morgan fingerprint density at radius 1 is 1.40 bits per heavy atom. The van der Waals surface area contributed by atoms with Crippen molar-refractivity contribution in [2.24, 2.45) is 5.92 Å². The second-order valence-electron chi connectivity index (χ2n) is 3.88. The van der Waals surface area contributed by atoms with Crippen molar-refractivity contribution in [3.8, 4) is 0 Å². The van der Waals surface area contributed by atoms with Crippen LogP contribution in [0, 0.1) is 5.92 Å². The second-order valence-corrected chi connectivity index (χ2v) is 3.88. The van der Waals surface area contributed by atoms with Crippen molar-refractivity contribution in [2.75, 3.05) is 18.5 Å². The summed E-state index contributed by atoms with van der Waals surface area (Å²) < 4.78 is 5.52. The van der Waals surface area contributed by atoms with Crippen LogP contribution in [0.2, 0.25) is 0 Å². The van der Waals surface area contributed by atoms with Gasteiger partial charge in [-0.05, 0) is 25.7 Å². The highest BCUT2D eigenvalue weighted by molar-refractivity contribution is 5.30. The maximum atomic E-state index is 5.52. The average molecular weight is 207 g/mol. The van der Waals surface area contributed by atoms with Crippen LogP contribution in [0.5, 0.6) is 0 Å². The first-order valence-electron chi connectivity index (χ1n) is 5.51. The van der Waals surface area contributed by atoms with Gasteiger partial charge < -0.3 is 10.1 Å². The molecule has 0 atom stereocenters. The van der Waals surface area contributed by atoms with Crippen molar-refractivity contribution >= 4 is 5.82 Å². The lowest BCUT2D eigenvalue weighted by Gasteiger charge is -2.04. The molecule has 4 heteroatoms. The summed E-state index contributed by atoms with van der Waals surface area (Å²) in [5, 5.41) is 3.10. The molecule has 0 aromatic carbocycles. The van der Waals surface area contributed by atoms with Crippen molar-refractivity contribution in [2.45, 2.75) is 26.4 Å². The summed E-state index contributed by atoms with van der Waals surface area (Å²) in [6.45, 7) is 4.35. The summed E-state index contributed by atoms with van der Waals surface area (Å²) in [5.41, 5.74) is 0.900. The first-order chi connectivity index (χ1) is 7.38. The fraction of sp³-hybridized carbons (Fsp3) is 0.636. The number of rotatable bonds is 6. The van der Waals surface area contributed by atoms with E-state index in [4.69, 9.17) is 4.74 Å². The lowest BCUT2D eigenvalue weighted by molar-refractivity contribution is 0.108. The van der Waals surface area contributed by atoms with Gasteiger partial charge in [-0.3, -0.25) is 4.98 Å². The molecule has 1 heterocycles. The van der Waals surface area contributed by atoms with Crippen molar-refractivity contribution in [1.82, 2.24) is 9.97 Å². The van der Waals surface area contributed by atoms with Crippen LogP contribution in [0.25, 0.3) is 0 Å². The number of ether oxygens (including phenoxy) is 1. The minimum absolute atomic E-state index is 0.579. The first-order valence-corrected chi connectivity index (χ1v) is 5.51. The van der Waals surface area contributed by atoms with Crippen LogP contribution >= 0.6 is 0 Å². The third kappa shape index (κ3) is 3.47. The second kappa shape index (κ2) is 5.07. The van der Waals surface area contributed by atoms with Crippen molar-refractivity contribution in [3.63, 3.8) is 0 Å². The molecule has 82 valence electrons. The van der Waals surface area contributed by atoms with E-state index in [-0.39, 0.29) is 0 Å². The van der Waals surface area contributed by atoms with Crippen LogP contribution in [0.15, 0.2) is 12.4 Å². The van der Waals surface area contributed by atoms with Crippen molar-refractivity contribution in [1.29, 1.82) is 0 Å². The van der Waals surface area contributed by atoms with Gasteiger partial charge in [0.1, 0.15) is 5.82 Å². The Labute approximate surface area is 90.1 Å². The van der Waals surface area contributed by atoms with E-state index in [0.717, 1.165) is 30.6 Å². The van der Waals surface area contributed by atoms with Gasteiger partial charge in [-0.25, -0.2) is 4.98 Å². The van der Waals surface area contributed by atoms with Gasteiger partial charge in [0.2, 0.25) is 0 Å². The minimum atomic E-state index is 0.579. The van der Waals surface area contributed by atoms with Crippen LogP contribution in [-0.2, 0) is 11.3 Å². The fourth-order valence-electron chi connectivity index (χ4n) is 1.32. The van der Waals surface area contributed by atoms with Gasteiger partial charge in [0.15, 0.2) is 0 Å². The lowest BCUT2D eigenvalue weighted by Crippen LogP contribution is -2.03. The summed E-state index contributed by atoms with van der Waals surface area (Å²) in [4.78, 5) is 8.49. The van der Waals surface area contributed by atoms with E-state index in [9.17, 15) is 0 Å². The topological polar surface area (TPSA) is 47.0 Å². The van der Waals surface area contributed by atoms with Crippen molar-refractivity contribution in [3.05, 3.63) is 18.1 Å². The zero-order chi connectivity index (χ0) is 10.5. The van der Waals surface area contributed by atoms with Crippen LogP contribution in [-0.4, -0.2) is 23.1 Å². The molecule has 0 unspecified atom stereocenters. The molecule has 1 fully saturated rings. The van der Waals surface area contributed by atoms with Gasteiger partial charge in [0.25, 0.3) is 0 Å². The van der Waals surface area contributed by atoms with Crippen LogP contribution in [0.3, 0.4) is 0 Å². The highest BCUT2D eigenvalue weighted by atomic mass is 16.5. The average Bonchev–Trinajstić information content (AvgIpc) is 3.05. The zero-order valence-corrected chi connectivity index (χ0v) is 9.07. The summed E-state index contributed by atoms with van der Waals surface area (Å²) >= 11 is 0. The summed E-state index contributed by atoms with van der Waals surface area (Å²) in [7, 11) is 0. The highest BCUT2D eigenvalue weighted by Gasteiger charge is 2.21. The Hall–Kier alpha value is -1.16. The van der Waals surface area contributed by atoms with E-state index >= 15 is 0 Å². The van der Waals surface area contributed by atoms with Crippen LogP contribution < -0.4 is 5.32 Å². The van der Waals surface area contributed by atoms with Gasteiger partial charge >= 0.3 is 0 Å². The van der Waals surface area contributed by atoms with Gasteiger partial charge in [-0.2, -0.15) is 0 Å². The molecule has 0 radical (unpaired) electrons. The van der Waals surface area contributed by atoms with E-state index in [1.54, 1.807) is 12.4 Å². The molecule has 0 saturated heterocycles. The molecule has 1 aromatic heterocycles. The Bertz CT molecular complexity index is 295. The zero-order valence-electron chi connectivity index (χ0n) is 9.07. The predicted octanol–water partition coefficient (Wildman–Crippen LogP) is 1.83. The van der Waals surface area contributed by atoms with Gasteiger partial charge in [0.05, 0.1) is 24.7 Å². The van der Waals surface area contributed by atoms with Crippen LogP contribution in [0.1, 0.15) is 25.5 Å². The molecule has 1 aromatic rings. The number of hydrogen-bond donors (Lipinski definition) is 1. The standard InChI is InChI=1S/C11H17N3O/c1-2-12-11-6-13-10(5-14-11)8-15-7-9-3-4-9/h5-6,9H,2-4,7-8H2,1H3,(H,12,14). The maximum Gasteiger partial charge on any atom is 0.144 e. The van der Waals surface area contributed by atoms with E-state index in [1.807, 2.05) is 6.92 Å². The van der Waals surface area contributed by atoms with Crippen LogP contribution in [0.4, 0.5) is 5.82 Å². The maximum absolute atomic E-state index is 5.52. The molecule has 0 aliphatic heterocycles. The summed E-state index contributed by atoms with van der Waals surface area (Å²) in [5.74, 6) is 1.63. The quantitative estimate of drug-likeness (QED) is 0.773. The Morgan fingerprint density at radius 3 is 2.87 bits per heavy atom. The number of nitrogens with zero attached hydrogens (tertiary/aromatic N) is 2. The molecule has 0 bridgehead atoms. The van der Waals surface area contributed by atoms with E-state index in [1.165, 1.54) is 12.8 Å². The molecular weight excluding hydrogens is 190 g/mol. The Kier molecular flexibility index (Phi) is 3.50. The fourth-order valence-corrected chi connectivity index (χ4v) is 1.32. The molecule has 15 heavy (non-hydrogen) atoms. The molecule has 0 amide bonds. The van der Waals surface area contributed by atoms with Gasteiger partial charge in [-0.1, -0.05) is 0 Å². The minimum Gasteiger partial charge on any atom is -0.375 e. The smallest absolute Gasteiger partial charge is 0.144 e. The normalized spacial score (nSPS) is 15.3. The van der Waals surface area contributed by atoms with Gasteiger partial charge in [0, 0.05) is 13.2 Å². The highest BCUT2D eigenvalue weighted by Crippen LogP contribution is 2.28. The number of hydrogen-bond acceptors (Lipinski definition) is 4. The largest absolute Gasteiger partial charge is 0.375 e. The van der Waals surface area contributed by atoms with E-state index < -0.39 is 0 Å². The molecule has 1 aliphatic carbocycles. The molecule has 2 rings (SSSR count). The molecule has 4 nitrogen and oxygen atoms in total. The van der Waals surface area contributed by atoms with E-state index in [0.29, 0.717) is 6.61 Å². The van der Waals surface area contributed by atoms with Gasteiger partial charge in [-0.15, -0.1) is 0 Å². The number of nitrogens with one attached hydrogen (secondary N) is 1. The molecule has 1 aliphatic rings. The Balaban J connectivity index is 1.75. The summed E-state index contributed by atoms with van der Waals surface area (Å²) in [6, 6.07) is 0. The molecule has 0 spiro atoms. The SMILES string of the molecule is CCNc1cnc(COCC2CC2)cn1. The third-order valence-corrected chi connectivity index (χ3v) is 2.36. The monoisotopic (exact) mass is 207 g/mol. The molecular formula is C11H17N3O. The number of aromatic nitrogens is 2. The number of anilines is 1. The lowest BCUT2D eigenvalue weighted by atomic mass is 10.4. The molecule has 1 saturated carbocycles. The Morgan fingerprint density at radius 2 is 2.27 bits per heavy atom. The predicted molar refractivity (Wildman–Crippen MR) is 58.6 cm³/mol. The van der Waals surface area contributed by atoms with Crippen molar-refractivity contribution < 1.29 is 4.74 Å². The summed E-state index contributed by atoms with van der Waals surface area (Å²) in [6.07, 6.45) is 6.17. The third-order valence-electron chi connectivity index (χ3n) is 2.36. The van der Waals surface area contributed by atoms with E-state index in [2.05, 4.69) is 15.3 Å². The molecule has 1 N–H and O–H groups in total. The first kappa shape index (κ1) is 10.4.